The van der Waals surface area contributed by atoms with Gasteiger partial charge >= 0.3 is 0 Å². The van der Waals surface area contributed by atoms with Crippen LogP contribution in [0.25, 0.3) is 0 Å². The molecule has 0 heterocycles. The second kappa shape index (κ2) is 3.62. The molecule has 0 aliphatic heterocycles. The van der Waals surface area contributed by atoms with Crippen molar-refractivity contribution in [1.29, 1.82) is 0 Å². The number of rotatable bonds is 3. The Balaban J connectivity index is 2.12. The third kappa shape index (κ3) is 1.80. The van der Waals surface area contributed by atoms with Crippen LogP contribution in [0.1, 0.15) is 30.9 Å². The zero-order valence-corrected chi connectivity index (χ0v) is 9.66. The Bertz CT molecular complexity index is 342. The lowest BCUT2D eigenvalue weighted by molar-refractivity contribution is 0.185. The summed E-state index contributed by atoms with van der Waals surface area (Å²) in [6.07, 6.45) is 0. The number of hydrogen-bond acceptors (Lipinski definition) is 2. The molecule has 0 bridgehead atoms. The second-order valence-corrected chi connectivity index (χ2v) is 5.00. The molecule has 0 unspecified atom stereocenters. The van der Waals surface area contributed by atoms with E-state index in [2.05, 4.69) is 38.1 Å². The minimum absolute atomic E-state index is 0.267. The van der Waals surface area contributed by atoms with Crippen LogP contribution in [0, 0.1) is 5.41 Å². The molecule has 2 rings (SSSR count). The van der Waals surface area contributed by atoms with Crippen molar-refractivity contribution in [2.75, 3.05) is 7.11 Å². The number of ether oxygens (including phenoxy) is 1. The van der Waals surface area contributed by atoms with Gasteiger partial charge in [0.15, 0.2) is 0 Å². The Hall–Kier alpha value is -0.860. The largest absolute Gasteiger partial charge is 0.380 e. The van der Waals surface area contributed by atoms with E-state index in [-0.39, 0.29) is 5.41 Å². The summed E-state index contributed by atoms with van der Waals surface area (Å²) in [5, 5.41) is 0. The van der Waals surface area contributed by atoms with Gasteiger partial charge in [0.1, 0.15) is 0 Å². The summed E-state index contributed by atoms with van der Waals surface area (Å²) in [4.78, 5) is 0. The fourth-order valence-corrected chi connectivity index (χ4v) is 2.30. The van der Waals surface area contributed by atoms with Crippen LogP contribution in [-0.4, -0.2) is 13.2 Å². The molecule has 1 aliphatic rings. The van der Waals surface area contributed by atoms with Gasteiger partial charge in [-0.25, -0.2) is 0 Å². The van der Waals surface area contributed by atoms with E-state index in [9.17, 15) is 0 Å². The molecule has 0 amide bonds. The average Bonchev–Trinajstić information content (AvgIpc) is 2.69. The SMILES string of the molecule is COCc1ccc([C@H]2[C@H](N)C2(C)C)cc1. The molecule has 0 spiro atoms. The van der Waals surface area contributed by atoms with Crippen LogP contribution in [0.4, 0.5) is 0 Å². The van der Waals surface area contributed by atoms with Crippen LogP contribution in [0.2, 0.25) is 0 Å². The molecule has 2 atom stereocenters. The Morgan fingerprint density at radius 2 is 1.80 bits per heavy atom. The minimum Gasteiger partial charge on any atom is -0.380 e. The summed E-state index contributed by atoms with van der Waals surface area (Å²) in [7, 11) is 1.72. The first kappa shape index (κ1) is 10.7. The van der Waals surface area contributed by atoms with Gasteiger partial charge in [-0.05, 0) is 16.5 Å². The first-order valence-corrected chi connectivity index (χ1v) is 5.40. The van der Waals surface area contributed by atoms with Crippen LogP contribution >= 0.6 is 0 Å². The zero-order valence-electron chi connectivity index (χ0n) is 9.66. The van der Waals surface area contributed by atoms with E-state index < -0.39 is 0 Å². The number of benzene rings is 1. The highest BCUT2D eigenvalue weighted by molar-refractivity contribution is 5.35. The van der Waals surface area contributed by atoms with Gasteiger partial charge in [0, 0.05) is 19.1 Å². The summed E-state index contributed by atoms with van der Waals surface area (Å²) in [6.45, 7) is 5.14. The van der Waals surface area contributed by atoms with Gasteiger partial charge in [-0.2, -0.15) is 0 Å². The molecule has 15 heavy (non-hydrogen) atoms. The van der Waals surface area contributed by atoms with Crippen molar-refractivity contribution in [3.8, 4) is 0 Å². The maximum Gasteiger partial charge on any atom is 0.0713 e. The van der Waals surface area contributed by atoms with Crippen LogP contribution in [0.3, 0.4) is 0 Å². The highest BCUT2D eigenvalue weighted by Crippen LogP contribution is 2.57. The lowest BCUT2D eigenvalue weighted by atomic mass is 10.0. The van der Waals surface area contributed by atoms with Crippen LogP contribution in [0.5, 0.6) is 0 Å². The molecule has 1 aliphatic carbocycles. The molecule has 0 saturated heterocycles. The van der Waals surface area contributed by atoms with E-state index in [0.717, 1.165) is 0 Å². The Kier molecular flexibility index (Phi) is 2.57. The zero-order chi connectivity index (χ0) is 11.1. The van der Waals surface area contributed by atoms with Crippen molar-refractivity contribution in [3.05, 3.63) is 35.4 Å². The molecule has 0 radical (unpaired) electrons. The third-order valence-corrected chi connectivity index (χ3v) is 3.56. The number of nitrogens with two attached hydrogens (primary N) is 1. The highest BCUT2D eigenvalue weighted by Gasteiger charge is 2.55. The summed E-state index contributed by atoms with van der Waals surface area (Å²) in [5.74, 6) is 0.522. The molecule has 1 aromatic carbocycles. The van der Waals surface area contributed by atoms with Gasteiger partial charge in [0.2, 0.25) is 0 Å². The first-order chi connectivity index (χ1) is 7.07. The Morgan fingerprint density at radius 1 is 1.27 bits per heavy atom. The predicted octanol–water partition coefficient (Wildman–Crippen LogP) is 2.28. The normalized spacial score (nSPS) is 27.7. The topological polar surface area (TPSA) is 35.2 Å². The molecule has 82 valence electrons. The first-order valence-electron chi connectivity index (χ1n) is 5.40. The molecule has 2 N–H and O–H groups in total. The van der Waals surface area contributed by atoms with E-state index in [0.29, 0.717) is 18.6 Å². The summed E-state index contributed by atoms with van der Waals surface area (Å²) in [5.41, 5.74) is 8.88. The molecule has 2 heteroatoms. The van der Waals surface area contributed by atoms with Crippen molar-refractivity contribution in [3.63, 3.8) is 0 Å². The fourth-order valence-electron chi connectivity index (χ4n) is 2.30. The molecule has 1 fully saturated rings. The average molecular weight is 205 g/mol. The smallest absolute Gasteiger partial charge is 0.0713 e. The van der Waals surface area contributed by atoms with Crippen molar-refractivity contribution in [2.24, 2.45) is 11.1 Å². The fraction of sp³-hybridized carbons (Fsp3) is 0.538. The van der Waals surface area contributed by atoms with Gasteiger partial charge in [-0.1, -0.05) is 38.1 Å². The van der Waals surface area contributed by atoms with Gasteiger partial charge in [0.05, 0.1) is 6.61 Å². The standard InChI is InChI=1S/C13H19NO/c1-13(2)11(12(13)14)10-6-4-9(5-7-10)8-15-3/h4-7,11-12H,8,14H2,1-3H3/t11-,12-/m0/s1. The Labute approximate surface area is 91.4 Å². The van der Waals surface area contributed by atoms with Crippen molar-refractivity contribution in [1.82, 2.24) is 0 Å². The predicted molar refractivity (Wildman–Crippen MR) is 61.7 cm³/mol. The maximum absolute atomic E-state index is 6.05. The third-order valence-electron chi connectivity index (χ3n) is 3.56. The van der Waals surface area contributed by atoms with Gasteiger partial charge in [0.25, 0.3) is 0 Å². The van der Waals surface area contributed by atoms with Crippen LogP contribution < -0.4 is 5.73 Å². The van der Waals surface area contributed by atoms with Crippen molar-refractivity contribution >= 4 is 0 Å². The minimum atomic E-state index is 0.267. The molecule has 1 aromatic rings. The molecular weight excluding hydrogens is 186 g/mol. The van der Waals surface area contributed by atoms with Gasteiger partial charge in [-0.15, -0.1) is 0 Å². The van der Waals surface area contributed by atoms with Crippen molar-refractivity contribution in [2.45, 2.75) is 32.4 Å². The van der Waals surface area contributed by atoms with Gasteiger partial charge in [-0.3, -0.25) is 0 Å². The summed E-state index contributed by atoms with van der Waals surface area (Å²) >= 11 is 0. The lowest BCUT2D eigenvalue weighted by Crippen LogP contribution is -2.06. The maximum atomic E-state index is 6.05. The van der Waals surface area contributed by atoms with E-state index in [1.54, 1.807) is 7.11 Å². The Morgan fingerprint density at radius 3 is 2.20 bits per heavy atom. The molecule has 1 saturated carbocycles. The van der Waals surface area contributed by atoms with E-state index in [1.807, 2.05) is 0 Å². The van der Waals surface area contributed by atoms with E-state index >= 15 is 0 Å². The lowest BCUT2D eigenvalue weighted by Gasteiger charge is -2.04. The van der Waals surface area contributed by atoms with E-state index in [1.165, 1.54) is 11.1 Å². The summed E-state index contributed by atoms with van der Waals surface area (Å²) in [6, 6.07) is 8.91. The number of methoxy groups -OCH3 is 1. The monoisotopic (exact) mass is 205 g/mol. The second-order valence-electron chi connectivity index (χ2n) is 5.00. The molecule has 2 nitrogen and oxygen atoms in total. The van der Waals surface area contributed by atoms with Crippen LogP contribution in [-0.2, 0) is 11.3 Å². The molecule has 0 aromatic heterocycles. The van der Waals surface area contributed by atoms with E-state index in [4.69, 9.17) is 10.5 Å². The number of hydrogen-bond donors (Lipinski definition) is 1. The molecular formula is C13H19NO. The highest BCUT2D eigenvalue weighted by atomic mass is 16.5. The van der Waals surface area contributed by atoms with Crippen molar-refractivity contribution < 1.29 is 4.74 Å². The quantitative estimate of drug-likeness (QED) is 0.821. The summed E-state index contributed by atoms with van der Waals surface area (Å²) < 4.78 is 5.08. The van der Waals surface area contributed by atoms with Gasteiger partial charge < -0.3 is 10.5 Å². The van der Waals surface area contributed by atoms with Crippen LogP contribution in [0.15, 0.2) is 24.3 Å².